The highest BCUT2D eigenvalue weighted by Gasteiger charge is 2.29. The van der Waals surface area contributed by atoms with Crippen LogP contribution in [0, 0.1) is 13.8 Å². The van der Waals surface area contributed by atoms with Crippen LogP contribution in [0.5, 0.6) is 34.5 Å². The number of nitrogens with zero attached hydrogens (tertiary/aromatic N) is 2. The zero-order valence-electron chi connectivity index (χ0n) is 26.0. The Labute approximate surface area is 275 Å². The molecule has 0 unspecified atom stereocenters. The van der Waals surface area contributed by atoms with Gasteiger partial charge in [-0.3, -0.25) is 10.9 Å². The molecule has 0 amide bonds. The fraction of sp³-hybridized carbons (Fsp3) is 0.250. The first-order valence-corrected chi connectivity index (χ1v) is 15.0. The molecule has 0 saturated heterocycles. The number of hydrogen-bond acceptors (Lipinski definition) is 10. The van der Waals surface area contributed by atoms with Crippen molar-refractivity contribution in [3.05, 3.63) is 45.5 Å². The first-order chi connectivity index (χ1) is 21.5. The predicted molar refractivity (Wildman–Crippen MR) is 190 cm³/mol. The molecule has 12 N–H and O–H groups in total. The second-order valence-corrected chi connectivity index (χ2v) is 12.4. The molecule has 0 bridgehead atoms. The van der Waals surface area contributed by atoms with Gasteiger partial charge in [0.15, 0.2) is 33.2 Å². The second kappa shape index (κ2) is 12.7. The Morgan fingerprint density at radius 2 is 1.17 bits per heavy atom. The number of fused-ring (bicyclic) bond motifs is 2. The van der Waals surface area contributed by atoms with Crippen molar-refractivity contribution in [3.8, 4) is 45.6 Å². The molecule has 0 aromatic heterocycles. The molecular formula is C32H36N6O6S2. The van der Waals surface area contributed by atoms with E-state index in [1.807, 2.05) is 27.7 Å². The highest BCUT2D eigenvalue weighted by Crippen LogP contribution is 2.53. The smallest absolute Gasteiger partial charge is 0.184 e. The molecule has 0 aliphatic rings. The van der Waals surface area contributed by atoms with Crippen LogP contribution in [-0.2, 0) is 0 Å². The van der Waals surface area contributed by atoms with Crippen LogP contribution in [-0.4, -0.2) is 53.3 Å². The Balaban J connectivity index is 2.21. The monoisotopic (exact) mass is 664 g/mol. The minimum Gasteiger partial charge on any atom is -0.507 e. The molecule has 12 nitrogen and oxygen atoms in total. The van der Waals surface area contributed by atoms with Gasteiger partial charge in [0, 0.05) is 33.2 Å². The normalized spacial score (nSPS) is 11.9. The van der Waals surface area contributed by atoms with Crippen molar-refractivity contribution in [1.29, 1.82) is 0 Å². The van der Waals surface area contributed by atoms with Gasteiger partial charge in [0.05, 0.1) is 18.0 Å². The van der Waals surface area contributed by atoms with E-state index in [9.17, 15) is 30.6 Å². The molecule has 4 rings (SSSR count). The summed E-state index contributed by atoms with van der Waals surface area (Å²) in [6, 6.07) is 3.16. The fourth-order valence-electron chi connectivity index (χ4n) is 6.00. The Morgan fingerprint density at radius 3 is 1.70 bits per heavy atom. The molecule has 0 aliphatic carbocycles. The van der Waals surface area contributed by atoms with Crippen molar-refractivity contribution in [2.75, 3.05) is 0 Å². The number of thiocarbonyl (C=S) groups is 2. The van der Waals surface area contributed by atoms with Crippen LogP contribution in [0.25, 0.3) is 32.7 Å². The van der Waals surface area contributed by atoms with Crippen LogP contribution in [0.4, 0.5) is 0 Å². The summed E-state index contributed by atoms with van der Waals surface area (Å²) in [5, 5.41) is 77.0. The van der Waals surface area contributed by atoms with E-state index in [1.165, 1.54) is 18.5 Å². The number of phenols is 6. The largest absolute Gasteiger partial charge is 0.507 e. The number of hydrazone groups is 2. The third kappa shape index (κ3) is 5.72. The van der Waals surface area contributed by atoms with Crippen LogP contribution in [0.3, 0.4) is 0 Å². The van der Waals surface area contributed by atoms with Crippen molar-refractivity contribution >= 4 is 68.6 Å². The quantitative estimate of drug-likeness (QED) is 0.0540. The van der Waals surface area contributed by atoms with Gasteiger partial charge in [0.1, 0.15) is 11.5 Å². The highest BCUT2D eigenvalue weighted by molar-refractivity contribution is 7.80. The number of benzene rings is 4. The van der Waals surface area contributed by atoms with Crippen molar-refractivity contribution in [2.24, 2.45) is 21.7 Å². The summed E-state index contributed by atoms with van der Waals surface area (Å²) >= 11 is 9.61. The molecule has 242 valence electrons. The lowest BCUT2D eigenvalue weighted by molar-refractivity contribution is 0.398. The van der Waals surface area contributed by atoms with E-state index in [-0.39, 0.29) is 72.7 Å². The molecule has 4 aromatic carbocycles. The molecular weight excluding hydrogens is 629 g/mol. The number of nitrogens with two attached hydrogens (primary N) is 2. The van der Waals surface area contributed by atoms with E-state index in [0.717, 1.165) is 0 Å². The Hall–Kier alpha value is -5.08. The number of phenolic OH excluding ortho intramolecular Hbond substituents is 6. The molecule has 0 radical (unpaired) electrons. The minimum absolute atomic E-state index is 0.0217. The van der Waals surface area contributed by atoms with Crippen LogP contribution >= 0.6 is 24.4 Å². The van der Waals surface area contributed by atoms with Gasteiger partial charge in [-0.05, 0) is 83.5 Å². The molecule has 0 heterocycles. The molecule has 0 saturated carbocycles. The third-order valence-corrected chi connectivity index (χ3v) is 7.97. The van der Waals surface area contributed by atoms with E-state index in [2.05, 4.69) is 21.1 Å². The van der Waals surface area contributed by atoms with Crippen molar-refractivity contribution in [2.45, 2.75) is 53.4 Å². The van der Waals surface area contributed by atoms with Gasteiger partial charge in [0.2, 0.25) is 0 Å². The number of aromatic hydroxyl groups is 6. The maximum Gasteiger partial charge on any atom is 0.184 e. The molecule has 0 aliphatic heterocycles. The van der Waals surface area contributed by atoms with Crippen molar-refractivity contribution < 1.29 is 30.6 Å². The van der Waals surface area contributed by atoms with Crippen LogP contribution in [0.2, 0.25) is 0 Å². The van der Waals surface area contributed by atoms with Crippen LogP contribution < -0.4 is 22.3 Å². The fourth-order valence-corrected chi connectivity index (χ4v) is 6.11. The first kappa shape index (κ1) is 33.8. The number of aryl methyl sites for hydroxylation is 2. The van der Waals surface area contributed by atoms with E-state index in [4.69, 9.17) is 35.9 Å². The topological polar surface area (TPSA) is 222 Å². The Morgan fingerprint density at radius 1 is 0.674 bits per heavy atom. The van der Waals surface area contributed by atoms with Crippen LogP contribution in [0.15, 0.2) is 22.3 Å². The highest BCUT2D eigenvalue weighted by atomic mass is 32.1. The Bertz CT molecular complexity index is 2010. The first-order valence-electron chi connectivity index (χ1n) is 14.2. The van der Waals surface area contributed by atoms with E-state index >= 15 is 0 Å². The van der Waals surface area contributed by atoms with Gasteiger partial charge in [-0.15, -0.1) is 0 Å². The summed E-state index contributed by atoms with van der Waals surface area (Å²) in [5.41, 5.74) is 18.1. The summed E-state index contributed by atoms with van der Waals surface area (Å²) in [5.74, 6) is -2.82. The molecule has 4 aromatic rings. The van der Waals surface area contributed by atoms with Gasteiger partial charge < -0.3 is 42.1 Å². The maximum absolute atomic E-state index is 12.0. The van der Waals surface area contributed by atoms with E-state index in [1.54, 1.807) is 19.9 Å². The predicted octanol–water partition coefficient (Wildman–Crippen LogP) is 5.09. The lowest BCUT2D eigenvalue weighted by Crippen LogP contribution is -2.24. The third-order valence-electron chi connectivity index (χ3n) is 7.78. The maximum atomic E-state index is 12.0. The van der Waals surface area contributed by atoms with Crippen molar-refractivity contribution in [1.82, 2.24) is 10.9 Å². The number of nitrogens with one attached hydrogen (secondary N) is 2. The lowest BCUT2D eigenvalue weighted by Gasteiger charge is -2.24. The minimum atomic E-state index is -0.522. The molecule has 0 atom stereocenters. The summed E-state index contributed by atoms with van der Waals surface area (Å²) in [7, 11) is 0. The van der Waals surface area contributed by atoms with Crippen LogP contribution in [0.1, 0.15) is 72.9 Å². The Kier molecular flexibility index (Phi) is 9.36. The van der Waals surface area contributed by atoms with E-state index < -0.39 is 11.5 Å². The SMILES string of the molecule is Cc1cc2c(C(C)C)c(O)c(O)c(C=NNC(N)=S)c2c(O)c1-c1c(O)cc2c(C=NNC(N)=S)c(O)c(O)c(C(C)C)c2c1C. The zero-order valence-corrected chi connectivity index (χ0v) is 27.6. The molecule has 14 heteroatoms. The lowest BCUT2D eigenvalue weighted by atomic mass is 9.82. The average Bonchev–Trinajstić information content (AvgIpc) is 2.94. The average molecular weight is 665 g/mol. The zero-order chi connectivity index (χ0) is 34.4. The van der Waals surface area contributed by atoms with Gasteiger partial charge >= 0.3 is 0 Å². The number of hydrogen-bond donors (Lipinski definition) is 10. The second-order valence-electron chi connectivity index (χ2n) is 11.5. The van der Waals surface area contributed by atoms with E-state index in [0.29, 0.717) is 38.4 Å². The molecule has 0 spiro atoms. The van der Waals surface area contributed by atoms with Gasteiger partial charge in [0.25, 0.3) is 0 Å². The summed E-state index contributed by atoms with van der Waals surface area (Å²) < 4.78 is 0. The van der Waals surface area contributed by atoms with Crippen molar-refractivity contribution in [3.63, 3.8) is 0 Å². The number of rotatable bonds is 7. The van der Waals surface area contributed by atoms with Gasteiger partial charge in [-0.25, -0.2) is 0 Å². The summed E-state index contributed by atoms with van der Waals surface area (Å²) in [6.07, 6.45) is 2.41. The summed E-state index contributed by atoms with van der Waals surface area (Å²) in [6.45, 7) is 10.8. The molecule has 0 fully saturated rings. The van der Waals surface area contributed by atoms with Gasteiger partial charge in [-0.2, -0.15) is 10.2 Å². The van der Waals surface area contributed by atoms with Gasteiger partial charge in [-0.1, -0.05) is 33.8 Å². The summed E-state index contributed by atoms with van der Waals surface area (Å²) in [4.78, 5) is 0. The standard InChI is InChI=1S/C32H36N6O6S2/c1-11(2)20-16-7-13(5)22(28(42)25(16)18(27(41)29(20)43)10-36-38-32(34)46)24-14(6)23-15(8-19(24)39)17(9-35-37-31(33)45)26(40)30(44)21(23)12(3)4/h7-12,39-44H,1-6H3,(H3,33,37,45)(H3,34,38,46). The molecule has 46 heavy (non-hydrogen) atoms.